The van der Waals surface area contributed by atoms with Gasteiger partial charge in [-0.3, -0.25) is 4.79 Å². The molecule has 0 fully saturated rings. The van der Waals surface area contributed by atoms with Crippen LogP contribution < -0.4 is 10.6 Å². The minimum Gasteiger partial charge on any atom is -0.354 e. The van der Waals surface area contributed by atoms with Crippen molar-refractivity contribution < 1.29 is 9.18 Å². The SMILES string of the molecule is N#CCCNC(=O)CNCc1cccc(F)c1. The minimum absolute atomic E-state index is 0.155. The number of hydrogen-bond donors (Lipinski definition) is 2. The molecule has 1 amide bonds. The molecule has 1 aromatic rings. The largest absolute Gasteiger partial charge is 0.354 e. The van der Waals surface area contributed by atoms with Gasteiger partial charge in [-0.1, -0.05) is 12.1 Å². The van der Waals surface area contributed by atoms with Gasteiger partial charge in [-0.2, -0.15) is 5.26 Å². The van der Waals surface area contributed by atoms with Crippen LogP contribution in [0.5, 0.6) is 0 Å². The highest BCUT2D eigenvalue weighted by Gasteiger charge is 2.00. The van der Waals surface area contributed by atoms with E-state index in [-0.39, 0.29) is 18.3 Å². The predicted molar refractivity (Wildman–Crippen MR) is 61.3 cm³/mol. The fourth-order valence-electron chi connectivity index (χ4n) is 1.29. The highest BCUT2D eigenvalue weighted by Crippen LogP contribution is 2.02. The van der Waals surface area contributed by atoms with E-state index in [2.05, 4.69) is 10.6 Å². The molecule has 1 aromatic carbocycles. The Hall–Kier alpha value is -1.93. The fourth-order valence-corrected chi connectivity index (χ4v) is 1.29. The molecule has 4 nitrogen and oxygen atoms in total. The number of benzene rings is 1. The van der Waals surface area contributed by atoms with Crippen molar-refractivity contribution in [3.05, 3.63) is 35.6 Å². The summed E-state index contributed by atoms with van der Waals surface area (Å²) in [7, 11) is 0. The zero-order valence-corrected chi connectivity index (χ0v) is 9.37. The minimum atomic E-state index is -0.289. The van der Waals surface area contributed by atoms with Crippen molar-refractivity contribution in [3.8, 4) is 6.07 Å². The Morgan fingerprint density at radius 1 is 1.47 bits per heavy atom. The quantitative estimate of drug-likeness (QED) is 0.721. The summed E-state index contributed by atoms with van der Waals surface area (Å²) in [5.41, 5.74) is 0.787. The van der Waals surface area contributed by atoms with E-state index in [1.807, 2.05) is 6.07 Å². The zero-order valence-electron chi connectivity index (χ0n) is 9.37. The van der Waals surface area contributed by atoms with E-state index in [0.717, 1.165) is 5.56 Å². The van der Waals surface area contributed by atoms with E-state index in [4.69, 9.17) is 5.26 Å². The van der Waals surface area contributed by atoms with E-state index in [9.17, 15) is 9.18 Å². The maximum atomic E-state index is 12.8. The van der Waals surface area contributed by atoms with Crippen molar-refractivity contribution in [2.45, 2.75) is 13.0 Å². The molecule has 1 rings (SSSR count). The van der Waals surface area contributed by atoms with Gasteiger partial charge in [-0.05, 0) is 17.7 Å². The molecule has 0 aliphatic rings. The summed E-state index contributed by atoms with van der Waals surface area (Å²) in [6, 6.07) is 8.13. The van der Waals surface area contributed by atoms with Crippen LogP contribution in [0.2, 0.25) is 0 Å². The van der Waals surface area contributed by atoms with Crippen molar-refractivity contribution in [3.63, 3.8) is 0 Å². The van der Waals surface area contributed by atoms with Crippen molar-refractivity contribution in [2.75, 3.05) is 13.1 Å². The molecule has 0 unspecified atom stereocenters. The van der Waals surface area contributed by atoms with E-state index >= 15 is 0 Å². The van der Waals surface area contributed by atoms with Crippen molar-refractivity contribution in [1.82, 2.24) is 10.6 Å². The molecular weight excluding hydrogens is 221 g/mol. The Kier molecular flexibility index (Phi) is 5.69. The first kappa shape index (κ1) is 13.1. The van der Waals surface area contributed by atoms with Crippen LogP contribution in [0.1, 0.15) is 12.0 Å². The summed E-state index contributed by atoms with van der Waals surface area (Å²) in [4.78, 5) is 11.2. The predicted octanol–water partition coefficient (Wildman–Crippen LogP) is 0.945. The van der Waals surface area contributed by atoms with Crippen molar-refractivity contribution >= 4 is 5.91 Å². The lowest BCUT2D eigenvalue weighted by molar-refractivity contribution is -0.120. The van der Waals surface area contributed by atoms with Gasteiger partial charge >= 0.3 is 0 Å². The second-order valence-corrected chi connectivity index (χ2v) is 3.49. The van der Waals surface area contributed by atoms with Crippen molar-refractivity contribution in [2.24, 2.45) is 0 Å². The molecule has 0 bridgehead atoms. The molecule has 0 saturated heterocycles. The molecule has 0 aromatic heterocycles. The first-order valence-electron chi connectivity index (χ1n) is 5.31. The van der Waals surface area contributed by atoms with Crippen LogP contribution in [-0.2, 0) is 11.3 Å². The monoisotopic (exact) mass is 235 g/mol. The van der Waals surface area contributed by atoms with Crippen LogP contribution in [-0.4, -0.2) is 19.0 Å². The lowest BCUT2D eigenvalue weighted by Crippen LogP contribution is -2.34. The number of carbonyl (C=O) groups excluding carboxylic acids is 1. The zero-order chi connectivity index (χ0) is 12.5. The number of nitriles is 1. The maximum absolute atomic E-state index is 12.8. The number of carbonyl (C=O) groups is 1. The molecule has 0 saturated carbocycles. The second kappa shape index (κ2) is 7.36. The molecule has 0 aliphatic carbocycles. The Morgan fingerprint density at radius 3 is 3.00 bits per heavy atom. The third kappa shape index (κ3) is 5.64. The average Bonchev–Trinajstić information content (AvgIpc) is 2.29. The summed E-state index contributed by atoms with van der Waals surface area (Å²) < 4.78 is 12.8. The van der Waals surface area contributed by atoms with Gasteiger partial charge in [0, 0.05) is 13.1 Å². The van der Waals surface area contributed by atoms with Crippen molar-refractivity contribution in [1.29, 1.82) is 5.26 Å². The van der Waals surface area contributed by atoms with Crippen LogP contribution >= 0.6 is 0 Å². The molecule has 5 heteroatoms. The summed E-state index contributed by atoms with van der Waals surface area (Å²) >= 11 is 0. The van der Waals surface area contributed by atoms with E-state index in [1.165, 1.54) is 12.1 Å². The standard InChI is InChI=1S/C12H14FN3O/c13-11-4-1-3-10(7-11)8-15-9-12(17)16-6-2-5-14/h1,3-4,7,15H,2,6,8-9H2,(H,16,17). The van der Waals surface area contributed by atoms with Crippen LogP contribution in [0.4, 0.5) is 4.39 Å². The van der Waals surface area contributed by atoms with Gasteiger partial charge in [0.25, 0.3) is 0 Å². The number of nitrogens with one attached hydrogen (secondary N) is 2. The third-order valence-corrected chi connectivity index (χ3v) is 2.06. The number of hydrogen-bond acceptors (Lipinski definition) is 3. The van der Waals surface area contributed by atoms with Crippen LogP contribution in [0.15, 0.2) is 24.3 Å². The normalized spacial score (nSPS) is 9.65. The van der Waals surface area contributed by atoms with Gasteiger partial charge in [0.1, 0.15) is 5.82 Å². The summed E-state index contributed by atoms with van der Waals surface area (Å²) in [6.07, 6.45) is 0.301. The first-order chi connectivity index (χ1) is 8.22. The Morgan fingerprint density at radius 2 is 2.29 bits per heavy atom. The highest BCUT2D eigenvalue weighted by atomic mass is 19.1. The Bertz CT molecular complexity index is 414. The van der Waals surface area contributed by atoms with Gasteiger partial charge in [0.05, 0.1) is 19.0 Å². The number of rotatable bonds is 6. The average molecular weight is 235 g/mol. The van der Waals surface area contributed by atoms with Gasteiger partial charge in [-0.15, -0.1) is 0 Å². The number of nitrogens with zero attached hydrogens (tertiary/aromatic N) is 1. The molecule has 0 heterocycles. The molecule has 0 radical (unpaired) electrons. The van der Waals surface area contributed by atoms with Crippen LogP contribution in [0, 0.1) is 17.1 Å². The molecule has 0 spiro atoms. The smallest absolute Gasteiger partial charge is 0.234 e. The molecular formula is C12H14FN3O. The fraction of sp³-hybridized carbons (Fsp3) is 0.333. The van der Waals surface area contributed by atoms with E-state index < -0.39 is 0 Å². The summed E-state index contributed by atoms with van der Waals surface area (Å²) in [5.74, 6) is -0.459. The van der Waals surface area contributed by atoms with E-state index in [0.29, 0.717) is 19.5 Å². The van der Waals surface area contributed by atoms with Crippen LogP contribution in [0.3, 0.4) is 0 Å². The first-order valence-corrected chi connectivity index (χ1v) is 5.31. The summed E-state index contributed by atoms with van der Waals surface area (Å²) in [6.45, 7) is 0.947. The topological polar surface area (TPSA) is 64.9 Å². The molecule has 90 valence electrons. The summed E-state index contributed by atoms with van der Waals surface area (Å²) in [5, 5.41) is 13.8. The molecule has 0 aliphatic heterocycles. The van der Waals surface area contributed by atoms with Gasteiger partial charge in [0.15, 0.2) is 0 Å². The highest BCUT2D eigenvalue weighted by molar-refractivity contribution is 5.77. The van der Waals surface area contributed by atoms with Crippen LogP contribution in [0.25, 0.3) is 0 Å². The number of halogens is 1. The van der Waals surface area contributed by atoms with E-state index in [1.54, 1.807) is 12.1 Å². The Labute approximate surface area is 99.4 Å². The molecule has 0 atom stereocenters. The third-order valence-electron chi connectivity index (χ3n) is 2.06. The number of amides is 1. The lowest BCUT2D eigenvalue weighted by atomic mass is 10.2. The molecule has 17 heavy (non-hydrogen) atoms. The Balaban J connectivity index is 2.19. The lowest BCUT2D eigenvalue weighted by Gasteiger charge is -2.05. The van der Waals surface area contributed by atoms with Gasteiger partial charge in [0.2, 0.25) is 5.91 Å². The maximum Gasteiger partial charge on any atom is 0.234 e. The molecule has 2 N–H and O–H groups in total. The van der Waals surface area contributed by atoms with Gasteiger partial charge in [-0.25, -0.2) is 4.39 Å². The second-order valence-electron chi connectivity index (χ2n) is 3.49. The van der Waals surface area contributed by atoms with Gasteiger partial charge < -0.3 is 10.6 Å².